The minimum atomic E-state index is -0.329. The summed E-state index contributed by atoms with van der Waals surface area (Å²) in [5.74, 6) is 0.373. The van der Waals surface area contributed by atoms with Crippen LogP contribution in [0.5, 0.6) is 5.88 Å². The molecule has 4 heterocycles. The maximum atomic E-state index is 13.2. The molecule has 29 heavy (non-hydrogen) atoms. The van der Waals surface area contributed by atoms with Crippen molar-refractivity contribution in [2.24, 2.45) is 5.41 Å². The van der Waals surface area contributed by atoms with E-state index in [1.54, 1.807) is 24.0 Å². The van der Waals surface area contributed by atoms with Crippen LogP contribution in [0.1, 0.15) is 21.9 Å². The third kappa shape index (κ3) is 3.17. The molecule has 1 spiro atoms. The Labute approximate surface area is 165 Å². The van der Waals surface area contributed by atoms with E-state index in [2.05, 4.69) is 10.3 Å². The Morgan fingerprint density at radius 2 is 1.97 bits per heavy atom. The number of likely N-dealkylation sites (tertiary alicyclic amines) is 1. The van der Waals surface area contributed by atoms with Crippen LogP contribution in [0.3, 0.4) is 0 Å². The van der Waals surface area contributed by atoms with Crippen LogP contribution < -0.4 is 4.74 Å². The topological polar surface area (TPSA) is 90.8 Å². The van der Waals surface area contributed by atoms with Gasteiger partial charge in [0.2, 0.25) is 5.76 Å². The molecular weight excluding hydrogens is 381 g/mol. The molecule has 2 fully saturated rings. The van der Waals surface area contributed by atoms with Crippen LogP contribution in [0, 0.1) is 18.2 Å². The molecule has 8 nitrogen and oxygen atoms in total. The van der Waals surface area contributed by atoms with Crippen LogP contribution in [-0.4, -0.2) is 47.4 Å². The first kappa shape index (κ1) is 17.9. The number of rotatable bonds is 5. The third-order valence-electron chi connectivity index (χ3n) is 5.32. The SMILES string of the molecule is Cc1onc(-c2ccc(F)cc2)c1COc1cc(C(=O)N2CC3(COC3)C2)on1. The van der Waals surface area contributed by atoms with E-state index in [4.69, 9.17) is 18.5 Å². The summed E-state index contributed by atoms with van der Waals surface area (Å²) in [4.78, 5) is 14.2. The highest BCUT2D eigenvalue weighted by atomic mass is 19.1. The van der Waals surface area contributed by atoms with Crippen LogP contribution in [0.4, 0.5) is 4.39 Å². The van der Waals surface area contributed by atoms with Crippen LogP contribution in [0.15, 0.2) is 39.4 Å². The summed E-state index contributed by atoms with van der Waals surface area (Å²) in [6.45, 7) is 4.63. The first-order valence-electron chi connectivity index (χ1n) is 9.21. The first-order valence-corrected chi connectivity index (χ1v) is 9.21. The molecule has 1 amide bonds. The molecule has 2 aromatic heterocycles. The molecule has 150 valence electrons. The molecular formula is C20H18FN3O5. The van der Waals surface area contributed by atoms with Crippen molar-refractivity contribution in [2.45, 2.75) is 13.5 Å². The van der Waals surface area contributed by atoms with Gasteiger partial charge in [0.05, 0.1) is 30.3 Å². The predicted molar refractivity (Wildman–Crippen MR) is 96.6 cm³/mol. The number of halogens is 1. The van der Waals surface area contributed by atoms with Crippen molar-refractivity contribution in [2.75, 3.05) is 26.3 Å². The van der Waals surface area contributed by atoms with Crippen LogP contribution >= 0.6 is 0 Å². The zero-order valence-corrected chi connectivity index (χ0v) is 15.7. The first-order chi connectivity index (χ1) is 14.0. The summed E-state index contributed by atoms with van der Waals surface area (Å²) >= 11 is 0. The molecule has 0 atom stereocenters. The average molecular weight is 399 g/mol. The molecule has 0 saturated carbocycles. The molecule has 9 heteroatoms. The number of nitrogens with zero attached hydrogens (tertiary/aromatic N) is 3. The minimum Gasteiger partial charge on any atom is -0.470 e. The van der Waals surface area contributed by atoms with E-state index >= 15 is 0 Å². The lowest BCUT2D eigenvalue weighted by Crippen LogP contribution is -2.67. The van der Waals surface area contributed by atoms with Gasteiger partial charge in [-0.3, -0.25) is 4.79 Å². The Kier molecular flexibility index (Phi) is 4.13. The van der Waals surface area contributed by atoms with E-state index in [9.17, 15) is 9.18 Å². The zero-order valence-electron chi connectivity index (χ0n) is 15.7. The fourth-order valence-corrected chi connectivity index (χ4v) is 3.61. The summed E-state index contributed by atoms with van der Waals surface area (Å²) in [6.07, 6.45) is 0. The lowest BCUT2D eigenvalue weighted by molar-refractivity contribution is -0.176. The molecule has 0 N–H and O–H groups in total. The average Bonchev–Trinajstić information content (AvgIpc) is 3.25. The lowest BCUT2D eigenvalue weighted by atomic mass is 9.78. The second-order valence-corrected chi connectivity index (χ2v) is 7.54. The van der Waals surface area contributed by atoms with Gasteiger partial charge in [-0.1, -0.05) is 5.16 Å². The van der Waals surface area contributed by atoms with Gasteiger partial charge in [-0.15, -0.1) is 0 Å². The van der Waals surface area contributed by atoms with Crippen LogP contribution in [0.2, 0.25) is 0 Å². The molecule has 2 aliphatic rings. The molecule has 3 aromatic rings. The Morgan fingerprint density at radius 3 is 2.66 bits per heavy atom. The molecule has 1 aromatic carbocycles. The fraction of sp³-hybridized carbons (Fsp3) is 0.350. The normalized spacial score (nSPS) is 17.1. The van der Waals surface area contributed by atoms with E-state index in [1.165, 1.54) is 18.2 Å². The van der Waals surface area contributed by atoms with Gasteiger partial charge in [0, 0.05) is 18.7 Å². The maximum absolute atomic E-state index is 13.2. The fourth-order valence-electron chi connectivity index (χ4n) is 3.61. The highest BCUT2D eigenvalue weighted by Gasteiger charge is 2.51. The van der Waals surface area contributed by atoms with E-state index < -0.39 is 0 Å². The van der Waals surface area contributed by atoms with Crippen LogP contribution in [-0.2, 0) is 11.3 Å². The van der Waals surface area contributed by atoms with Gasteiger partial charge < -0.3 is 23.4 Å². The van der Waals surface area contributed by atoms with E-state index in [-0.39, 0.29) is 35.4 Å². The Balaban J connectivity index is 1.25. The number of aromatic nitrogens is 2. The Bertz CT molecular complexity index is 1050. The number of amides is 1. The standard InChI is InChI=1S/C20H18FN3O5/c1-12-15(18(23-28-12)13-2-4-14(21)5-3-13)7-27-17-6-16(29-22-17)19(25)24-8-20(9-24)10-26-11-20/h2-6H,7-11H2,1H3. The molecule has 2 saturated heterocycles. The number of aryl methyl sites for hydroxylation is 1. The van der Waals surface area contributed by atoms with Crippen molar-refractivity contribution < 1.29 is 27.7 Å². The van der Waals surface area contributed by atoms with Gasteiger partial charge in [-0.05, 0) is 36.3 Å². The molecule has 0 aliphatic carbocycles. The quantitative estimate of drug-likeness (QED) is 0.652. The van der Waals surface area contributed by atoms with Gasteiger partial charge in [0.1, 0.15) is 23.9 Å². The second-order valence-electron chi connectivity index (χ2n) is 7.54. The number of hydrogen-bond acceptors (Lipinski definition) is 7. The smallest absolute Gasteiger partial charge is 0.292 e. The molecule has 0 bridgehead atoms. The molecule has 2 aliphatic heterocycles. The van der Waals surface area contributed by atoms with E-state index in [0.29, 0.717) is 48.9 Å². The summed E-state index contributed by atoms with van der Waals surface area (Å²) < 4.78 is 34.5. The van der Waals surface area contributed by atoms with Crippen molar-refractivity contribution in [3.63, 3.8) is 0 Å². The van der Waals surface area contributed by atoms with Crippen LogP contribution in [0.25, 0.3) is 11.3 Å². The summed E-state index contributed by atoms with van der Waals surface area (Å²) in [5, 5.41) is 7.86. The minimum absolute atomic E-state index is 0.117. The zero-order chi connectivity index (χ0) is 20.0. The van der Waals surface area contributed by atoms with Gasteiger partial charge >= 0.3 is 0 Å². The highest BCUT2D eigenvalue weighted by Crippen LogP contribution is 2.38. The Hall–Kier alpha value is -3.20. The van der Waals surface area contributed by atoms with Crippen molar-refractivity contribution >= 4 is 5.91 Å². The molecule has 0 unspecified atom stereocenters. The van der Waals surface area contributed by atoms with E-state index in [0.717, 1.165) is 0 Å². The second kappa shape index (κ2) is 6.70. The number of carbonyl (C=O) groups is 1. The maximum Gasteiger partial charge on any atom is 0.292 e. The lowest BCUT2D eigenvalue weighted by Gasteiger charge is -2.54. The molecule has 5 rings (SSSR count). The number of hydrogen-bond donors (Lipinski definition) is 0. The number of benzene rings is 1. The van der Waals surface area contributed by atoms with Gasteiger partial charge in [-0.25, -0.2) is 4.39 Å². The van der Waals surface area contributed by atoms with Crippen molar-refractivity contribution in [1.29, 1.82) is 0 Å². The van der Waals surface area contributed by atoms with Crippen molar-refractivity contribution in [3.8, 4) is 17.1 Å². The van der Waals surface area contributed by atoms with Gasteiger partial charge in [0.25, 0.3) is 11.8 Å². The summed E-state index contributed by atoms with van der Waals surface area (Å²) in [6, 6.07) is 7.43. The van der Waals surface area contributed by atoms with E-state index in [1.807, 2.05) is 0 Å². The number of ether oxygens (including phenoxy) is 2. The van der Waals surface area contributed by atoms with Crippen molar-refractivity contribution in [3.05, 3.63) is 53.2 Å². The van der Waals surface area contributed by atoms with Gasteiger partial charge in [0.15, 0.2) is 0 Å². The Morgan fingerprint density at radius 1 is 1.21 bits per heavy atom. The summed E-state index contributed by atoms with van der Waals surface area (Å²) in [5.41, 5.74) is 2.13. The largest absolute Gasteiger partial charge is 0.470 e. The van der Waals surface area contributed by atoms with Crippen molar-refractivity contribution in [1.82, 2.24) is 15.2 Å². The number of carbonyl (C=O) groups excluding carboxylic acids is 1. The summed E-state index contributed by atoms with van der Waals surface area (Å²) in [7, 11) is 0. The molecule has 0 radical (unpaired) electrons. The third-order valence-corrected chi connectivity index (χ3v) is 5.32. The monoisotopic (exact) mass is 399 g/mol. The highest BCUT2D eigenvalue weighted by molar-refractivity contribution is 5.92. The van der Waals surface area contributed by atoms with Gasteiger partial charge in [-0.2, -0.15) is 0 Å². The predicted octanol–water partition coefficient (Wildman–Crippen LogP) is 2.83.